The van der Waals surface area contributed by atoms with Crippen LogP contribution in [0.2, 0.25) is 0 Å². The van der Waals surface area contributed by atoms with Crippen molar-refractivity contribution in [2.45, 2.75) is 23.9 Å². The Hall–Kier alpha value is -3.85. The molecule has 0 fully saturated rings. The number of nitrogens with one attached hydrogen (secondary N) is 2. The number of imide groups is 1. The van der Waals surface area contributed by atoms with Gasteiger partial charge in [-0.15, -0.1) is 10.2 Å². The number of aromatic nitrogens is 3. The zero-order valence-corrected chi connectivity index (χ0v) is 19.0. The highest BCUT2D eigenvalue weighted by atomic mass is 32.2. The number of nitrogens with zero attached hydrogens (tertiary/aromatic N) is 3. The Morgan fingerprint density at radius 1 is 1.03 bits per heavy atom. The number of carbonyl (C=O) groups excluding carboxylic acids is 2. The quantitative estimate of drug-likeness (QED) is 0.400. The first-order valence-electron chi connectivity index (χ1n) is 10.3. The highest BCUT2D eigenvalue weighted by Crippen LogP contribution is 2.37. The summed E-state index contributed by atoms with van der Waals surface area (Å²) >= 11 is 1.24. The molecule has 168 valence electrons. The van der Waals surface area contributed by atoms with Gasteiger partial charge in [0, 0.05) is 7.05 Å². The summed E-state index contributed by atoms with van der Waals surface area (Å²) in [6.45, 7) is 2.38. The summed E-state index contributed by atoms with van der Waals surface area (Å²) in [7, 11) is 1.46. The van der Waals surface area contributed by atoms with Gasteiger partial charge in [0.1, 0.15) is 11.0 Å². The van der Waals surface area contributed by atoms with E-state index in [1.54, 1.807) is 6.26 Å². The van der Waals surface area contributed by atoms with Crippen molar-refractivity contribution in [3.8, 4) is 11.4 Å². The van der Waals surface area contributed by atoms with Crippen LogP contribution in [0.25, 0.3) is 11.4 Å². The van der Waals surface area contributed by atoms with E-state index in [0.29, 0.717) is 17.5 Å². The third-order valence-corrected chi connectivity index (χ3v) is 6.26. The van der Waals surface area contributed by atoms with Crippen LogP contribution in [0.15, 0.2) is 82.6 Å². The van der Waals surface area contributed by atoms with E-state index >= 15 is 0 Å². The van der Waals surface area contributed by atoms with Gasteiger partial charge in [-0.25, -0.2) is 4.79 Å². The van der Waals surface area contributed by atoms with E-state index in [0.717, 1.165) is 22.5 Å². The summed E-state index contributed by atoms with van der Waals surface area (Å²) in [5, 5.41) is 13.5. The predicted molar refractivity (Wildman–Crippen MR) is 126 cm³/mol. The Bertz CT molecular complexity index is 1240. The molecule has 0 radical (unpaired) electrons. The van der Waals surface area contributed by atoms with E-state index in [-0.39, 0.29) is 0 Å². The van der Waals surface area contributed by atoms with Crippen molar-refractivity contribution in [3.63, 3.8) is 0 Å². The normalized spacial score (nSPS) is 11.7. The monoisotopic (exact) mass is 461 g/mol. The summed E-state index contributed by atoms with van der Waals surface area (Å²) < 4.78 is 7.44. The largest absolute Gasteiger partial charge is 0.469 e. The number of hydrogen-bond acceptors (Lipinski definition) is 6. The maximum Gasteiger partial charge on any atom is 0.321 e. The Labute approximate surface area is 195 Å². The van der Waals surface area contributed by atoms with Gasteiger partial charge in [-0.05, 0) is 24.1 Å². The van der Waals surface area contributed by atoms with Gasteiger partial charge in [0.05, 0.1) is 18.4 Å². The molecule has 9 heteroatoms. The first-order chi connectivity index (χ1) is 16.1. The number of furan rings is 1. The second kappa shape index (κ2) is 10.2. The van der Waals surface area contributed by atoms with Crippen LogP contribution in [0, 0.1) is 6.92 Å². The molecule has 33 heavy (non-hydrogen) atoms. The zero-order valence-electron chi connectivity index (χ0n) is 18.2. The minimum Gasteiger partial charge on any atom is -0.469 e. The van der Waals surface area contributed by atoms with Crippen LogP contribution in [0.5, 0.6) is 0 Å². The lowest BCUT2D eigenvalue weighted by atomic mass is 10.1. The molecule has 2 aromatic heterocycles. The van der Waals surface area contributed by atoms with Crippen LogP contribution >= 0.6 is 11.8 Å². The summed E-state index contributed by atoms with van der Waals surface area (Å²) in [6.07, 6.45) is 1.61. The number of amides is 3. The standard InChI is InChI=1S/C24H23N5O3S/c1-16-19(13-14-32-16)21-27-28-24(29(21)15-17-9-5-3-6-10-17)33-20(18-11-7-4-8-12-18)22(30)26-23(31)25-2/h3-14,20H,15H2,1-2H3,(H2,25,26,30,31). The van der Waals surface area contributed by atoms with Crippen molar-refractivity contribution in [2.24, 2.45) is 0 Å². The van der Waals surface area contributed by atoms with E-state index in [1.165, 1.54) is 18.8 Å². The van der Waals surface area contributed by atoms with Gasteiger partial charge < -0.3 is 9.73 Å². The molecule has 0 aliphatic rings. The molecular weight excluding hydrogens is 438 g/mol. The third kappa shape index (κ3) is 5.15. The van der Waals surface area contributed by atoms with E-state index in [2.05, 4.69) is 20.8 Å². The molecule has 0 saturated heterocycles. The van der Waals surface area contributed by atoms with Gasteiger partial charge in [0.15, 0.2) is 11.0 Å². The smallest absolute Gasteiger partial charge is 0.321 e. The van der Waals surface area contributed by atoms with E-state index in [4.69, 9.17) is 4.42 Å². The molecule has 2 heterocycles. The number of rotatable bonds is 7. The fraction of sp³-hybridized carbons (Fsp3) is 0.167. The number of benzene rings is 2. The number of thioether (sulfide) groups is 1. The molecule has 0 aliphatic heterocycles. The number of carbonyl (C=O) groups is 2. The lowest BCUT2D eigenvalue weighted by Gasteiger charge is -2.17. The lowest BCUT2D eigenvalue weighted by Crippen LogP contribution is -2.39. The topological polar surface area (TPSA) is 102 Å². The summed E-state index contributed by atoms with van der Waals surface area (Å²) in [6, 6.07) is 20.5. The lowest BCUT2D eigenvalue weighted by molar-refractivity contribution is -0.119. The fourth-order valence-corrected chi connectivity index (χ4v) is 4.38. The highest BCUT2D eigenvalue weighted by Gasteiger charge is 2.27. The molecule has 2 N–H and O–H groups in total. The molecule has 2 aromatic carbocycles. The number of aryl methyl sites for hydroxylation is 1. The van der Waals surface area contributed by atoms with Crippen molar-refractivity contribution in [2.75, 3.05) is 7.05 Å². The van der Waals surface area contributed by atoms with Gasteiger partial charge in [0.2, 0.25) is 5.91 Å². The highest BCUT2D eigenvalue weighted by molar-refractivity contribution is 8.00. The van der Waals surface area contributed by atoms with Crippen LogP contribution in [-0.2, 0) is 11.3 Å². The van der Waals surface area contributed by atoms with Gasteiger partial charge >= 0.3 is 6.03 Å². The Morgan fingerprint density at radius 2 is 1.73 bits per heavy atom. The molecule has 0 bridgehead atoms. The van der Waals surface area contributed by atoms with Crippen LogP contribution in [-0.4, -0.2) is 33.8 Å². The van der Waals surface area contributed by atoms with Crippen LogP contribution in [0.1, 0.15) is 22.1 Å². The second-order valence-corrected chi connectivity index (χ2v) is 8.32. The first-order valence-corrected chi connectivity index (χ1v) is 11.2. The average molecular weight is 462 g/mol. The van der Waals surface area contributed by atoms with Gasteiger partial charge in [-0.2, -0.15) is 0 Å². The molecule has 4 rings (SSSR count). The molecule has 1 atom stereocenters. The maximum atomic E-state index is 13.0. The summed E-state index contributed by atoms with van der Waals surface area (Å²) in [5.41, 5.74) is 2.64. The third-order valence-electron chi connectivity index (χ3n) is 5.03. The van der Waals surface area contributed by atoms with Crippen LogP contribution in [0.4, 0.5) is 4.79 Å². The zero-order chi connectivity index (χ0) is 23.2. The van der Waals surface area contributed by atoms with Crippen molar-refractivity contribution in [1.82, 2.24) is 25.4 Å². The van der Waals surface area contributed by atoms with Crippen molar-refractivity contribution in [3.05, 3.63) is 89.9 Å². The van der Waals surface area contributed by atoms with Crippen molar-refractivity contribution >= 4 is 23.7 Å². The summed E-state index contributed by atoms with van der Waals surface area (Å²) in [4.78, 5) is 24.8. The van der Waals surface area contributed by atoms with Crippen LogP contribution in [0.3, 0.4) is 0 Å². The Morgan fingerprint density at radius 3 is 2.36 bits per heavy atom. The van der Waals surface area contributed by atoms with Crippen LogP contribution < -0.4 is 10.6 Å². The second-order valence-electron chi connectivity index (χ2n) is 7.25. The minimum atomic E-state index is -0.708. The number of hydrogen-bond donors (Lipinski definition) is 2. The summed E-state index contributed by atoms with van der Waals surface area (Å²) in [5.74, 6) is 0.928. The Kier molecular flexibility index (Phi) is 6.89. The van der Waals surface area contributed by atoms with E-state index in [1.807, 2.05) is 78.2 Å². The molecule has 8 nitrogen and oxygen atoms in total. The van der Waals surface area contributed by atoms with Gasteiger partial charge in [0.25, 0.3) is 0 Å². The average Bonchev–Trinajstić information content (AvgIpc) is 3.43. The molecule has 0 aliphatic carbocycles. The van der Waals surface area contributed by atoms with Gasteiger partial charge in [-0.3, -0.25) is 14.7 Å². The fourth-order valence-electron chi connectivity index (χ4n) is 3.35. The van der Waals surface area contributed by atoms with Crippen molar-refractivity contribution < 1.29 is 14.0 Å². The molecule has 0 spiro atoms. The molecule has 3 amide bonds. The molecule has 0 saturated carbocycles. The first kappa shape index (κ1) is 22.3. The predicted octanol–water partition coefficient (Wildman–Crippen LogP) is 4.18. The van der Waals surface area contributed by atoms with Gasteiger partial charge in [-0.1, -0.05) is 72.4 Å². The maximum absolute atomic E-state index is 13.0. The van der Waals surface area contributed by atoms with Crippen molar-refractivity contribution in [1.29, 1.82) is 0 Å². The Balaban J connectivity index is 1.74. The molecular formula is C24H23N5O3S. The SMILES string of the molecule is CNC(=O)NC(=O)C(Sc1nnc(-c2ccoc2C)n1Cc1ccccc1)c1ccccc1. The molecule has 1 unspecified atom stereocenters. The van der Waals surface area contributed by atoms with E-state index < -0.39 is 17.2 Å². The van der Waals surface area contributed by atoms with E-state index in [9.17, 15) is 9.59 Å². The number of urea groups is 1. The minimum absolute atomic E-state index is 0.444. The molecule has 4 aromatic rings.